The molecule has 3 saturated heterocycles. The lowest BCUT2D eigenvalue weighted by molar-refractivity contribution is 0.00578. The van der Waals surface area contributed by atoms with E-state index in [0.29, 0.717) is 38.3 Å². The number of nitrogens with zero attached hydrogens (tertiary/aromatic N) is 6. The van der Waals surface area contributed by atoms with Crippen LogP contribution in [0.5, 0.6) is 0 Å². The average molecular weight is 1590 g/mol. The molecule has 0 bridgehead atoms. The van der Waals surface area contributed by atoms with Gasteiger partial charge in [0, 0.05) is 52.9 Å². The molecule has 17 nitrogen and oxygen atoms in total. The minimum absolute atomic E-state index is 0.225. The van der Waals surface area contributed by atoms with Gasteiger partial charge in [0.05, 0.1) is 33.6 Å². The zero-order chi connectivity index (χ0) is 76.1. The van der Waals surface area contributed by atoms with Crippen LogP contribution in [0.1, 0.15) is 83.1 Å². The molecule has 0 saturated carbocycles. The molecule has 2 N–H and O–H groups in total. The summed E-state index contributed by atoms with van der Waals surface area (Å²) in [4.78, 5) is 28.4. The normalized spacial score (nSPS) is 16.4. The van der Waals surface area contributed by atoms with E-state index in [-0.39, 0.29) is 27.7 Å². The van der Waals surface area contributed by atoms with E-state index in [1.807, 2.05) is 274 Å². The molecule has 0 unspecified atom stereocenters. The Balaban J connectivity index is 0.000000118. The maximum absolute atomic E-state index is 8.73. The lowest BCUT2D eigenvalue weighted by Gasteiger charge is -2.32. The van der Waals surface area contributed by atoms with Crippen molar-refractivity contribution in [2.75, 3.05) is 0 Å². The Bertz CT molecular complexity index is 5690. The second kappa shape index (κ2) is 30.3. The molecule has 6 aromatic heterocycles. The highest BCUT2D eigenvalue weighted by Crippen LogP contribution is 2.45. The molecule has 18 rings (SSSR count). The maximum Gasteiger partial charge on any atom is 0.495 e. The number of para-hydroxylation sites is 3. The first kappa shape index (κ1) is 75.6. The van der Waals surface area contributed by atoms with E-state index in [4.69, 9.17) is 82.8 Å². The second-order valence-electron chi connectivity index (χ2n) is 29.4. The number of hydrogen-bond acceptors (Lipinski definition) is 17. The fraction of sp³-hybridized carbons (Fsp3) is 0.214. The highest BCUT2D eigenvalue weighted by molar-refractivity contribution is 9.11. The molecule has 3 fully saturated rings. The molecule has 0 aliphatic carbocycles. The number of halogens is 3. The number of furan rings is 3. The van der Waals surface area contributed by atoms with E-state index in [1.165, 1.54) is 0 Å². The lowest BCUT2D eigenvalue weighted by Crippen LogP contribution is -2.41. The van der Waals surface area contributed by atoms with Crippen LogP contribution >= 0.6 is 43.5 Å². The van der Waals surface area contributed by atoms with Gasteiger partial charge in [-0.2, -0.15) is 0 Å². The molecular weight excluding hydrogens is 1510 g/mol. The molecule has 108 heavy (non-hydrogen) atoms. The molecule has 0 radical (unpaired) electrons. The van der Waals surface area contributed by atoms with Crippen LogP contribution in [-0.2, 0) is 27.9 Å². The largest absolute Gasteiger partial charge is 0.495 e. The molecule has 0 amide bonds. The van der Waals surface area contributed by atoms with Gasteiger partial charge in [-0.25, -0.2) is 29.9 Å². The van der Waals surface area contributed by atoms with E-state index in [0.717, 1.165) is 104 Å². The first-order valence-electron chi connectivity index (χ1n) is 35.5. The lowest BCUT2D eigenvalue weighted by atomic mass is 9.49. The van der Waals surface area contributed by atoms with Gasteiger partial charge in [-0.05, 0) is 154 Å². The van der Waals surface area contributed by atoms with E-state index < -0.39 is 39.5 Å². The standard InChI is InChI=1S/C28H25BN2O3.C22H13BrN2O.C16H9ClN2O.C12H24B2O4.C6H6BBrO2/c1-27(2)28(3,4)34-29(33-27)21-16-10-8-14-19(21)26-30-23(18-12-6-5-7-13-18)25-24(31-26)20-15-9-11-17-22(20)32-25;23-17-12-6-4-10-15(17)22-24-19(14-8-2-1-3-9-14)21-20(25-22)16-11-5-7-13-18(16)26-21;17-16-18-13(10-6-2-1-3-7-10)15-14(19-16)11-8-4-5-9-12(11)20-15;1-9(2)10(3,4)16-13(15-9)14-17-11(5,6)12(7,8)18-14;8-6-4-2-1-3-5(6)7(9)10/h5-17H,1-4H3;1-13H;1-9H;1-8H3;1-4,9-10H. The van der Waals surface area contributed by atoms with Gasteiger partial charge in [0.25, 0.3) is 0 Å². The number of hydrogen-bond donors (Lipinski definition) is 2. The van der Waals surface area contributed by atoms with Gasteiger partial charge < -0.3 is 51.2 Å². The number of fused-ring (bicyclic) bond motifs is 9. The van der Waals surface area contributed by atoms with Gasteiger partial charge in [-0.3, -0.25) is 0 Å². The smallest absolute Gasteiger partial charge is 0.452 e. The zero-order valence-electron chi connectivity index (χ0n) is 61.7. The average Bonchev–Trinajstić information content (AvgIpc) is 1.51. The predicted octanol–water partition coefficient (Wildman–Crippen LogP) is 19.6. The Morgan fingerprint density at radius 2 is 0.648 bits per heavy atom. The van der Waals surface area contributed by atoms with Crippen molar-refractivity contribution in [1.82, 2.24) is 29.9 Å². The number of benzene rings is 9. The van der Waals surface area contributed by atoms with Crippen molar-refractivity contribution >= 4 is 149 Å². The highest BCUT2D eigenvalue weighted by atomic mass is 79.9. The van der Waals surface area contributed by atoms with E-state index in [2.05, 4.69) is 69.5 Å². The first-order valence-corrected chi connectivity index (χ1v) is 37.5. The molecule has 9 heterocycles. The maximum atomic E-state index is 8.73. The second-order valence-corrected chi connectivity index (χ2v) is 31.4. The Labute approximate surface area is 649 Å². The highest BCUT2D eigenvalue weighted by Gasteiger charge is 2.64. The van der Waals surface area contributed by atoms with Crippen LogP contribution in [0.2, 0.25) is 5.28 Å². The van der Waals surface area contributed by atoms with Crippen LogP contribution in [0.15, 0.2) is 259 Å². The van der Waals surface area contributed by atoms with Crippen molar-refractivity contribution in [3.8, 4) is 56.5 Å². The van der Waals surface area contributed by atoms with Gasteiger partial charge >= 0.3 is 28.3 Å². The van der Waals surface area contributed by atoms with Crippen LogP contribution in [0.25, 0.3) is 123 Å². The van der Waals surface area contributed by atoms with Crippen LogP contribution in [0.4, 0.5) is 0 Å². The third kappa shape index (κ3) is 15.2. The van der Waals surface area contributed by atoms with Crippen LogP contribution in [-0.4, -0.2) is 102 Å². The molecule has 3 aliphatic heterocycles. The van der Waals surface area contributed by atoms with Crippen LogP contribution in [0, 0.1) is 0 Å². The summed E-state index contributed by atoms with van der Waals surface area (Å²) in [7, 11) is -2.86. The fourth-order valence-electron chi connectivity index (χ4n) is 12.6. The van der Waals surface area contributed by atoms with Crippen molar-refractivity contribution < 1.29 is 51.2 Å². The van der Waals surface area contributed by atoms with Crippen molar-refractivity contribution in [1.29, 1.82) is 0 Å². The number of aromatic nitrogens is 6. The van der Waals surface area contributed by atoms with Gasteiger partial charge in [0.15, 0.2) is 28.4 Å². The summed E-state index contributed by atoms with van der Waals surface area (Å²) in [6, 6.07) is 76.7. The summed E-state index contributed by atoms with van der Waals surface area (Å²) in [6.07, 6.45) is 0. The topological polar surface area (TPSA) is 213 Å². The molecule has 0 spiro atoms. The third-order valence-electron chi connectivity index (χ3n) is 20.5. The number of rotatable bonds is 8. The molecular formula is C84H77B4Br2ClN6O11. The molecule has 15 aromatic rings. The van der Waals surface area contributed by atoms with E-state index in [1.54, 1.807) is 18.2 Å². The van der Waals surface area contributed by atoms with E-state index in [9.17, 15) is 0 Å². The summed E-state index contributed by atoms with van der Waals surface area (Å²) in [5.74, 6) is 1.29. The summed E-state index contributed by atoms with van der Waals surface area (Å²) in [5.41, 5.74) is 13.0. The van der Waals surface area contributed by atoms with Crippen molar-refractivity contribution in [3.05, 3.63) is 251 Å². The van der Waals surface area contributed by atoms with Crippen molar-refractivity contribution in [2.45, 2.75) is 117 Å². The summed E-state index contributed by atoms with van der Waals surface area (Å²) < 4.78 is 56.5. The molecule has 24 heteroatoms. The molecule has 3 aliphatic rings. The first-order chi connectivity index (χ1) is 51.6. The van der Waals surface area contributed by atoms with Crippen molar-refractivity contribution in [2.24, 2.45) is 0 Å². The quantitative estimate of drug-likeness (QED) is 0.107. The Kier molecular flexibility index (Phi) is 21.2. The van der Waals surface area contributed by atoms with Crippen LogP contribution in [0.3, 0.4) is 0 Å². The minimum Gasteiger partial charge on any atom is -0.452 e. The summed E-state index contributed by atoms with van der Waals surface area (Å²) in [5, 5.41) is 20.6. The predicted molar refractivity (Wildman–Crippen MR) is 440 cm³/mol. The Morgan fingerprint density at radius 1 is 0.333 bits per heavy atom. The SMILES string of the molecule is Brc1ccccc1-c1nc(-c2ccccc2)c2oc3ccccc3c2n1.CC1(C)OB(B2OC(C)(C)C(C)(C)O2)OC1(C)C.CC1(C)OB(c2ccccc2-c2nc(-c3ccccc3)c3oc4ccccc4c3n2)OC1(C)C.Clc1nc(-c2ccccc2)c2oc3ccccc3c2n1.OB(O)c1ccccc1Br. The van der Waals surface area contributed by atoms with E-state index >= 15 is 0 Å². The third-order valence-corrected chi connectivity index (χ3v) is 22.1. The minimum atomic E-state index is -1.39. The molecule has 542 valence electrons. The van der Waals surface area contributed by atoms with Gasteiger partial charge in [-0.15, -0.1) is 0 Å². The monoisotopic (exact) mass is 1580 g/mol. The molecule has 9 aromatic carbocycles. The Hall–Kier alpha value is -9.19. The van der Waals surface area contributed by atoms with Crippen molar-refractivity contribution in [3.63, 3.8) is 0 Å². The Morgan fingerprint density at radius 3 is 1.04 bits per heavy atom. The molecule has 0 atom stereocenters. The van der Waals surface area contributed by atoms with Gasteiger partial charge in [-0.1, -0.05) is 220 Å². The fourth-order valence-corrected chi connectivity index (χ4v) is 13.7. The van der Waals surface area contributed by atoms with Gasteiger partial charge in [0.1, 0.15) is 50.4 Å². The zero-order valence-corrected chi connectivity index (χ0v) is 65.6. The summed E-state index contributed by atoms with van der Waals surface area (Å²) >= 11 is 12.9. The summed E-state index contributed by atoms with van der Waals surface area (Å²) in [6.45, 7) is 24.4. The van der Waals surface area contributed by atoms with Crippen LogP contribution < -0.4 is 10.9 Å². The van der Waals surface area contributed by atoms with Gasteiger partial charge in [0.2, 0.25) is 5.28 Å².